The van der Waals surface area contributed by atoms with E-state index >= 15 is 0 Å². The van der Waals surface area contributed by atoms with Gasteiger partial charge in [0.15, 0.2) is 0 Å². The number of aromatic nitrogens is 4. The number of anilines is 1. The zero-order chi connectivity index (χ0) is 13.5. The van der Waals surface area contributed by atoms with Crippen LogP contribution in [0.5, 0.6) is 0 Å². The minimum atomic E-state index is -3.72. The summed E-state index contributed by atoms with van der Waals surface area (Å²) in [5.74, 6) is 0.788. The van der Waals surface area contributed by atoms with E-state index in [-0.39, 0.29) is 5.03 Å². The van der Waals surface area contributed by atoms with Gasteiger partial charge in [0.25, 0.3) is 10.0 Å². The van der Waals surface area contributed by atoms with Gasteiger partial charge in [-0.25, -0.2) is 4.98 Å². The smallest absolute Gasteiger partial charge is 0.262 e. The molecule has 7 nitrogen and oxygen atoms in total. The van der Waals surface area contributed by atoms with Gasteiger partial charge in [0.2, 0.25) is 5.03 Å². The molecule has 1 saturated carbocycles. The number of aryl methyl sites for hydroxylation is 1. The highest BCUT2D eigenvalue weighted by molar-refractivity contribution is 7.92. The van der Waals surface area contributed by atoms with Crippen LogP contribution in [0, 0.1) is 0 Å². The van der Waals surface area contributed by atoms with Crippen LogP contribution in [0.15, 0.2) is 29.4 Å². The number of hydrogen-bond acceptors (Lipinski definition) is 5. The van der Waals surface area contributed by atoms with E-state index in [0.717, 1.165) is 18.5 Å². The van der Waals surface area contributed by atoms with Gasteiger partial charge in [-0.15, -0.1) is 5.10 Å². The fraction of sp³-hybridized carbons (Fsp3) is 0.364. The van der Waals surface area contributed by atoms with Crippen molar-refractivity contribution in [2.75, 3.05) is 4.72 Å². The molecule has 19 heavy (non-hydrogen) atoms. The highest BCUT2D eigenvalue weighted by Crippen LogP contribution is 2.39. The fourth-order valence-electron chi connectivity index (χ4n) is 1.76. The van der Waals surface area contributed by atoms with Gasteiger partial charge in [-0.3, -0.25) is 4.72 Å². The van der Waals surface area contributed by atoms with Gasteiger partial charge in [0.05, 0.1) is 6.20 Å². The molecule has 1 aliphatic rings. The van der Waals surface area contributed by atoms with Gasteiger partial charge < -0.3 is 0 Å². The summed E-state index contributed by atoms with van der Waals surface area (Å²) in [6.45, 7) is 0. The Bertz CT molecular complexity index is 705. The van der Waals surface area contributed by atoms with Crippen molar-refractivity contribution in [2.45, 2.75) is 23.8 Å². The lowest BCUT2D eigenvalue weighted by atomic mass is 10.2. The standard InChI is InChI=1S/C11H13N5O2S/c1-16-12-7-11(14-16)19(17,18)15-10-4-2-3-9(13-10)8-5-6-8/h2-4,7-8H,5-6H2,1H3,(H,13,15). The first-order valence-electron chi connectivity index (χ1n) is 5.91. The van der Waals surface area contributed by atoms with Crippen LogP contribution in [0.4, 0.5) is 5.82 Å². The second-order valence-corrected chi connectivity index (χ2v) is 6.13. The molecule has 0 saturated heterocycles. The summed E-state index contributed by atoms with van der Waals surface area (Å²) in [6, 6.07) is 5.34. The lowest BCUT2D eigenvalue weighted by Gasteiger charge is -2.06. The van der Waals surface area contributed by atoms with E-state index in [2.05, 4.69) is 19.9 Å². The Labute approximate surface area is 110 Å². The molecule has 100 valence electrons. The topological polar surface area (TPSA) is 89.8 Å². The zero-order valence-electron chi connectivity index (χ0n) is 10.3. The molecule has 1 N–H and O–H groups in total. The van der Waals surface area contributed by atoms with E-state index in [1.54, 1.807) is 19.2 Å². The van der Waals surface area contributed by atoms with Crippen molar-refractivity contribution < 1.29 is 8.42 Å². The quantitative estimate of drug-likeness (QED) is 0.897. The van der Waals surface area contributed by atoms with Gasteiger partial charge in [0, 0.05) is 18.7 Å². The fourth-order valence-corrected chi connectivity index (χ4v) is 2.66. The SMILES string of the molecule is Cn1ncc(S(=O)(=O)Nc2cccc(C3CC3)n2)n1. The molecular formula is C11H13N5O2S. The van der Waals surface area contributed by atoms with E-state index in [0.29, 0.717) is 11.7 Å². The summed E-state index contributed by atoms with van der Waals surface area (Å²) in [7, 11) is -2.16. The van der Waals surface area contributed by atoms with E-state index in [1.165, 1.54) is 11.0 Å². The summed E-state index contributed by atoms with van der Waals surface area (Å²) in [6.07, 6.45) is 3.44. The van der Waals surface area contributed by atoms with Crippen LogP contribution in [0.2, 0.25) is 0 Å². The predicted molar refractivity (Wildman–Crippen MR) is 68.0 cm³/mol. The summed E-state index contributed by atoms with van der Waals surface area (Å²) < 4.78 is 26.5. The highest BCUT2D eigenvalue weighted by Gasteiger charge is 2.25. The number of hydrogen-bond donors (Lipinski definition) is 1. The van der Waals surface area contributed by atoms with Gasteiger partial charge >= 0.3 is 0 Å². The van der Waals surface area contributed by atoms with E-state index in [4.69, 9.17) is 0 Å². The number of nitrogens with one attached hydrogen (secondary N) is 1. The van der Waals surface area contributed by atoms with Crippen LogP contribution in [0.1, 0.15) is 24.5 Å². The first kappa shape index (κ1) is 12.1. The number of sulfonamides is 1. The minimum Gasteiger partial charge on any atom is -0.262 e. The highest BCUT2D eigenvalue weighted by atomic mass is 32.2. The van der Waals surface area contributed by atoms with Crippen LogP contribution in [-0.4, -0.2) is 28.4 Å². The van der Waals surface area contributed by atoms with Gasteiger partial charge in [-0.1, -0.05) is 6.07 Å². The number of pyridine rings is 1. The molecule has 2 heterocycles. The Hall–Kier alpha value is -1.96. The molecule has 0 aromatic carbocycles. The van der Waals surface area contributed by atoms with E-state index in [1.807, 2.05) is 6.07 Å². The maximum atomic E-state index is 12.0. The van der Waals surface area contributed by atoms with Crippen LogP contribution in [-0.2, 0) is 17.1 Å². The van der Waals surface area contributed by atoms with Crippen molar-refractivity contribution in [3.05, 3.63) is 30.1 Å². The average molecular weight is 279 g/mol. The molecule has 0 bridgehead atoms. The van der Waals surface area contributed by atoms with Crippen LogP contribution < -0.4 is 4.72 Å². The van der Waals surface area contributed by atoms with Gasteiger partial charge in [0.1, 0.15) is 5.82 Å². The summed E-state index contributed by atoms with van der Waals surface area (Å²) >= 11 is 0. The van der Waals surface area contributed by atoms with Crippen molar-refractivity contribution in [1.82, 2.24) is 20.0 Å². The molecule has 0 aliphatic heterocycles. The predicted octanol–water partition coefficient (Wildman–Crippen LogP) is 0.888. The van der Waals surface area contributed by atoms with Crippen molar-refractivity contribution in [3.8, 4) is 0 Å². The minimum absolute atomic E-state index is 0.117. The molecule has 0 atom stereocenters. The third-order valence-electron chi connectivity index (χ3n) is 2.86. The van der Waals surface area contributed by atoms with E-state index < -0.39 is 10.0 Å². The Morgan fingerprint density at radius 2 is 2.16 bits per heavy atom. The Morgan fingerprint density at radius 1 is 1.37 bits per heavy atom. The monoisotopic (exact) mass is 279 g/mol. The lowest BCUT2D eigenvalue weighted by Crippen LogP contribution is -2.15. The molecule has 1 fully saturated rings. The molecule has 1 aliphatic carbocycles. The van der Waals surface area contributed by atoms with Gasteiger partial charge in [-0.05, 0) is 25.0 Å². The molecule has 2 aromatic rings. The first-order chi connectivity index (χ1) is 9.04. The van der Waals surface area contributed by atoms with Crippen LogP contribution in [0.25, 0.3) is 0 Å². The molecule has 8 heteroatoms. The zero-order valence-corrected chi connectivity index (χ0v) is 11.1. The van der Waals surface area contributed by atoms with Crippen molar-refractivity contribution in [2.24, 2.45) is 7.05 Å². The molecule has 0 unspecified atom stereocenters. The molecular weight excluding hydrogens is 266 g/mol. The Morgan fingerprint density at radius 3 is 2.79 bits per heavy atom. The van der Waals surface area contributed by atoms with Crippen molar-refractivity contribution in [1.29, 1.82) is 0 Å². The van der Waals surface area contributed by atoms with Crippen LogP contribution in [0.3, 0.4) is 0 Å². The maximum Gasteiger partial charge on any atom is 0.284 e. The largest absolute Gasteiger partial charge is 0.284 e. The summed E-state index contributed by atoms with van der Waals surface area (Å²) in [4.78, 5) is 5.50. The van der Waals surface area contributed by atoms with Gasteiger partial charge in [-0.2, -0.15) is 18.3 Å². The average Bonchev–Trinajstić information content (AvgIpc) is 3.11. The van der Waals surface area contributed by atoms with Crippen molar-refractivity contribution in [3.63, 3.8) is 0 Å². The summed E-state index contributed by atoms with van der Waals surface area (Å²) in [5, 5.41) is 7.40. The summed E-state index contributed by atoms with van der Waals surface area (Å²) in [5.41, 5.74) is 0.930. The van der Waals surface area contributed by atoms with E-state index in [9.17, 15) is 8.42 Å². The van der Waals surface area contributed by atoms with Crippen LogP contribution >= 0.6 is 0 Å². The molecule has 3 rings (SSSR count). The lowest BCUT2D eigenvalue weighted by molar-refractivity contribution is 0.588. The maximum absolute atomic E-state index is 12.0. The Kier molecular flexibility index (Phi) is 2.74. The van der Waals surface area contributed by atoms with Crippen molar-refractivity contribution >= 4 is 15.8 Å². The second kappa shape index (κ2) is 4.30. The normalized spacial score (nSPS) is 15.4. The third-order valence-corrected chi connectivity index (χ3v) is 4.07. The second-order valence-electron chi connectivity index (χ2n) is 4.50. The first-order valence-corrected chi connectivity index (χ1v) is 7.39. The Balaban J connectivity index is 1.86. The molecule has 0 radical (unpaired) electrons. The molecule has 0 amide bonds. The molecule has 0 spiro atoms. The molecule has 2 aromatic heterocycles. The number of rotatable bonds is 4. The third kappa shape index (κ3) is 2.58. The number of nitrogens with zero attached hydrogens (tertiary/aromatic N) is 4.